The molecular formula is C83H144O17P2. The van der Waals surface area contributed by atoms with Crippen LogP contribution in [0.2, 0.25) is 0 Å². The summed E-state index contributed by atoms with van der Waals surface area (Å²) >= 11 is 0. The van der Waals surface area contributed by atoms with Gasteiger partial charge in [0.2, 0.25) is 0 Å². The quantitative estimate of drug-likeness (QED) is 0.0169. The van der Waals surface area contributed by atoms with Gasteiger partial charge in [0.15, 0.2) is 12.2 Å². The zero-order valence-corrected chi connectivity index (χ0v) is 66.0. The number of ether oxygens (including phenoxy) is 4. The molecule has 19 heteroatoms. The van der Waals surface area contributed by atoms with Gasteiger partial charge in [0.1, 0.15) is 19.3 Å². The minimum Gasteiger partial charge on any atom is -0.462 e. The fraction of sp³-hybridized carbons (Fsp3) is 0.735. The molecule has 0 aromatic carbocycles. The van der Waals surface area contributed by atoms with Gasteiger partial charge in [-0.05, 0) is 148 Å². The largest absolute Gasteiger partial charge is 0.472 e. The molecule has 0 aliphatic rings. The molecule has 0 radical (unpaired) electrons. The van der Waals surface area contributed by atoms with Crippen LogP contribution < -0.4 is 0 Å². The zero-order chi connectivity index (χ0) is 74.6. The van der Waals surface area contributed by atoms with Crippen LogP contribution >= 0.6 is 15.6 Å². The lowest BCUT2D eigenvalue weighted by molar-refractivity contribution is -0.161. The molecule has 0 aromatic heterocycles. The van der Waals surface area contributed by atoms with Gasteiger partial charge in [-0.25, -0.2) is 9.13 Å². The summed E-state index contributed by atoms with van der Waals surface area (Å²) in [5, 5.41) is 10.6. The van der Waals surface area contributed by atoms with Gasteiger partial charge < -0.3 is 33.8 Å². The van der Waals surface area contributed by atoms with Crippen molar-refractivity contribution >= 4 is 39.5 Å². The van der Waals surface area contributed by atoms with Crippen LogP contribution in [-0.4, -0.2) is 96.7 Å². The minimum absolute atomic E-state index is 0.0750. The molecular weight excluding hydrogens is 1330 g/mol. The molecule has 0 amide bonds. The molecule has 0 aliphatic heterocycles. The molecule has 5 atom stereocenters. The summed E-state index contributed by atoms with van der Waals surface area (Å²) in [6.07, 6.45) is 80.6. The first-order chi connectivity index (χ1) is 49.7. The summed E-state index contributed by atoms with van der Waals surface area (Å²) in [6, 6.07) is 0. The lowest BCUT2D eigenvalue weighted by Gasteiger charge is -2.21. The van der Waals surface area contributed by atoms with Crippen LogP contribution in [0.5, 0.6) is 0 Å². The SMILES string of the molecule is CC/C=C\C/C=C\C/C=C\C/C=C\CCCCCCCCC(=O)OCC(COP(=O)(O)OCC(O)COP(=O)(O)OCC(COC(=O)CCCCCCC/C=C\C/C=C\CCCCC)OC(=O)CCCCCCC/C=C\C/C=C\CCC)OC(=O)CCCCCCC/C=C\CCCCCCCC. The summed E-state index contributed by atoms with van der Waals surface area (Å²) in [4.78, 5) is 73.0. The second-order valence-corrected chi connectivity index (χ2v) is 29.5. The molecule has 0 aromatic rings. The molecule has 0 fully saturated rings. The molecule has 0 heterocycles. The molecule has 0 spiro atoms. The smallest absolute Gasteiger partial charge is 0.462 e. The van der Waals surface area contributed by atoms with Crippen molar-refractivity contribution in [3.8, 4) is 0 Å². The molecule has 5 unspecified atom stereocenters. The van der Waals surface area contributed by atoms with Crippen molar-refractivity contribution in [1.29, 1.82) is 0 Å². The predicted molar refractivity (Wildman–Crippen MR) is 418 cm³/mol. The standard InChI is InChI=1S/C83H144O17P2/c1-5-9-13-17-21-25-29-33-36-37-38-39-42-45-48-52-56-60-64-68-81(86)94-74-79(100-83(88)70-66-62-58-54-50-46-41-35-31-27-23-19-15-11-7-3)76-98-102(91,92)96-72-77(84)71-95-101(89,90)97-75-78(99-82(87)69-65-61-57-53-49-43-32-28-24-20-16-12-8-4)73-93-80(85)67-63-59-55-51-47-44-40-34-30-26-22-18-14-10-6-2/h9,13,16,20-22,25-26,28,32-36,38-41,77-79,84H,5-8,10-12,14-15,17-19,23-24,27,29-31,37,42-76H2,1-4H3,(H,89,90)(H,91,92)/b13-9-,20-16-,25-21-,26-22-,32-28-,36-33-,39-38-,40-34-,41-35-. The van der Waals surface area contributed by atoms with Crippen LogP contribution in [0.4, 0.5) is 0 Å². The number of unbranched alkanes of at least 4 members (excludes halogenated alkanes) is 31. The van der Waals surface area contributed by atoms with E-state index in [0.717, 1.165) is 199 Å². The lowest BCUT2D eigenvalue weighted by Crippen LogP contribution is -2.30. The van der Waals surface area contributed by atoms with E-state index in [9.17, 15) is 43.2 Å². The van der Waals surface area contributed by atoms with Gasteiger partial charge in [-0.15, -0.1) is 0 Å². The molecule has 0 saturated heterocycles. The van der Waals surface area contributed by atoms with E-state index in [0.29, 0.717) is 25.7 Å². The first-order valence-corrected chi connectivity index (χ1v) is 43.1. The molecule has 3 N–H and O–H groups in total. The second kappa shape index (κ2) is 75.0. The van der Waals surface area contributed by atoms with Gasteiger partial charge in [0, 0.05) is 25.7 Å². The van der Waals surface area contributed by atoms with Gasteiger partial charge >= 0.3 is 39.5 Å². The number of carbonyl (C=O) groups excluding carboxylic acids is 4. The van der Waals surface area contributed by atoms with Crippen molar-refractivity contribution in [2.45, 2.75) is 354 Å². The van der Waals surface area contributed by atoms with Crippen LogP contribution in [0.3, 0.4) is 0 Å². The highest BCUT2D eigenvalue weighted by molar-refractivity contribution is 7.47. The number of phosphoric ester groups is 2. The van der Waals surface area contributed by atoms with E-state index in [1.54, 1.807) is 0 Å². The number of rotatable bonds is 75. The third-order valence-corrected chi connectivity index (χ3v) is 18.6. The average Bonchev–Trinajstić information content (AvgIpc) is 0.924. The van der Waals surface area contributed by atoms with Crippen LogP contribution in [0.15, 0.2) is 109 Å². The van der Waals surface area contributed by atoms with Crippen LogP contribution in [0.1, 0.15) is 336 Å². The summed E-state index contributed by atoms with van der Waals surface area (Å²) < 4.78 is 68.6. The Balaban J connectivity index is 5.37. The van der Waals surface area contributed by atoms with Crippen molar-refractivity contribution in [1.82, 2.24) is 0 Å². The van der Waals surface area contributed by atoms with E-state index in [-0.39, 0.29) is 25.7 Å². The number of allylic oxidation sites excluding steroid dienone is 18. The maximum atomic E-state index is 13.1. The zero-order valence-electron chi connectivity index (χ0n) is 64.3. The Morgan fingerprint density at radius 1 is 0.284 bits per heavy atom. The molecule has 0 saturated carbocycles. The maximum Gasteiger partial charge on any atom is 0.472 e. The molecule has 0 bridgehead atoms. The van der Waals surface area contributed by atoms with Crippen molar-refractivity contribution in [3.63, 3.8) is 0 Å². The van der Waals surface area contributed by atoms with E-state index in [1.807, 2.05) is 0 Å². The number of esters is 4. The van der Waals surface area contributed by atoms with E-state index in [2.05, 4.69) is 137 Å². The molecule has 588 valence electrons. The highest BCUT2D eigenvalue weighted by Crippen LogP contribution is 2.45. The van der Waals surface area contributed by atoms with E-state index >= 15 is 0 Å². The van der Waals surface area contributed by atoms with Crippen LogP contribution in [-0.2, 0) is 65.4 Å². The lowest BCUT2D eigenvalue weighted by atomic mass is 10.1. The number of hydrogen-bond acceptors (Lipinski definition) is 15. The van der Waals surface area contributed by atoms with Gasteiger partial charge in [-0.1, -0.05) is 272 Å². The summed E-state index contributed by atoms with van der Waals surface area (Å²) in [5.41, 5.74) is 0. The minimum atomic E-state index is -4.98. The Morgan fingerprint density at radius 3 is 0.853 bits per heavy atom. The normalized spacial score (nSPS) is 14.5. The number of carbonyl (C=O) groups is 4. The number of phosphoric acid groups is 2. The highest BCUT2D eigenvalue weighted by atomic mass is 31.2. The Morgan fingerprint density at radius 2 is 0.529 bits per heavy atom. The number of aliphatic hydroxyl groups is 1. The molecule has 0 aliphatic carbocycles. The molecule has 0 rings (SSSR count). The van der Waals surface area contributed by atoms with Crippen LogP contribution in [0.25, 0.3) is 0 Å². The van der Waals surface area contributed by atoms with E-state index in [1.165, 1.54) is 57.8 Å². The Labute approximate surface area is 619 Å². The average molecular weight is 1480 g/mol. The van der Waals surface area contributed by atoms with Crippen molar-refractivity contribution in [2.75, 3.05) is 39.6 Å². The fourth-order valence-corrected chi connectivity index (χ4v) is 12.1. The number of aliphatic hydroxyl groups excluding tert-OH is 1. The third-order valence-electron chi connectivity index (χ3n) is 16.7. The predicted octanol–water partition coefficient (Wildman–Crippen LogP) is 23.3. The van der Waals surface area contributed by atoms with Crippen molar-refractivity contribution in [3.05, 3.63) is 109 Å². The van der Waals surface area contributed by atoms with Gasteiger partial charge in [-0.3, -0.25) is 37.3 Å². The van der Waals surface area contributed by atoms with E-state index in [4.69, 9.17) is 37.0 Å². The van der Waals surface area contributed by atoms with Gasteiger partial charge in [0.05, 0.1) is 26.4 Å². The Hall–Kier alpha value is -4.28. The van der Waals surface area contributed by atoms with Crippen molar-refractivity contribution in [2.24, 2.45) is 0 Å². The summed E-state index contributed by atoms with van der Waals surface area (Å²) in [7, 11) is -9.97. The molecule has 102 heavy (non-hydrogen) atoms. The van der Waals surface area contributed by atoms with E-state index < -0.39 is 97.5 Å². The first kappa shape index (κ1) is 97.7. The third kappa shape index (κ3) is 74.0. The van der Waals surface area contributed by atoms with Crippen molar-refractivity contribution < 1.29 is 80.2 Å². The highest BCUT2D eigenvalue weighted by Gasteiger charge is 2.30. The monoisotopic (exact) mass is 1470 g/mol. The molecule has 17 nitrogen and oxygen atoms in total. The maximum absolute atomic E-state index is 13.1. The Bertz CT molecular complexity index is 2360. The Kier molecular flexibility index (Phi) is 71.8. The summed E-state index contributed by atoms with van der Waals surface area (Å²) in [6.45, 7) is 4.64. The summed E-state index contributed by atoms with van der Waals surface area (Å²) in [5.74, 6) is -2.22. The number of hydrogen-bond donors (Lipinski definition) is 3. The van der Waals surface area contributed by atoms with Gasteiger partial charge in [-0.2, -0.15) is 0 Å². The first-order valence-electron chi connectivity index (χ1n) is 40.1. The topological polar surface area (TPSA) is 237 Å². The fourth-order valence-electron chi connectivity index (χ4n) is 10.6. The second-order valence-electron chi connectivity index (χ2n) is 26.6. The van der Waals surface area contributed by atoms with Crippen LogP contribution in [0, 0.1) is 0 Å². The van der Waals surface area contributed by atoms with Gasteiger partial charge in [0.25, 0.3) is 0 Å².